The second kappa shape index (κ2) is 13.5. The molecule has 1 unspecified atom stereocenters. The number of thiophene rings is 1. The van der Waals surface area contributed by atoms with Crippen molar-refractivity contribution >= 4 is 46.2 Å². The van der Waals surface area contributed by atoms with Crippen molar-refractivity contribution in [3.8, 4) is 16.5 Å². The molecule has 0 radical (unpaired) electrons. The second-order valence-corrected chi connectivity index (χ2v) is 14.6. The lowest BCUT2D eigenvalue weighted by Crippen LogP contribution is -2.56. The first-order chi connectivity index (χ1) is 22.9. The topological polar surface area (TPSA) is 160 Å². The van der Waals surface area contributed by atoms with E-state index in [0.717, 1.165) is 24.1 Å². The van der Waals surface area contributed by atoms with E-state index in [1.807, 2.05) is 53.9 Å². The number of ether oxygens (including phenoxy) is 2. The molecule has 4 heterocycles. The van der Waals surface area contributed by atoms with Crippen LogP contribution in [-0.2, 0) is 19.1 Å². The van der Waals surface area contributed by atoms with E-state index in [1.165, 1.54) is 16.2 Å². The molecule has 3 N–H and O–H groups in total. The van der Waals surface area contributed by atoms with Crippen LogP contribution in [0.3, 0.4) is 0 Å². The summed E-state index contributed by atoms with van der Waals surface area (Å²) in [7, 11) is 0. The van der Waals surface area contributed by atoms with Crippen molar-refractivity contribution in [3.63, 3.8) is 0 Å². The molecule has 48 heavy (non-hydrogen) atoms. The monoisotopic (exact) mass is 675 g/mol. The minimum atomic E-state index is -1.44. The summed E-state index contributed by atoms with van der Waals surface area (Å²) in [4.78, 5) is 65.5. The van der Waals surface area contributed by atoms with Gasteiger partial charge in [0.2, 0.25) is 17.7 Å². The number of carbonyl (C=O) groups is 4. The number of nitrogens with zero attached hydrogens (tertiary/aromatic N) is 3. The van der Waals surface area contributed by atoms with Crippen molar-refractivity contribution in [1.82, 2.24) is 25.5 Å². The molecule has 2 fully saturated rings. The van der Waals surface area contributed by atoms with Gasteiger partial charge in [0.25, 0.3) is 0 Å². The standard InChI is InChI=1S/C35H41N5O7S/c1-34(2,3)47-33(45)38-25-15-8-6-4-5-7-12-21-19-35(21,32(43)44)39-29(41)26-18-22(20-40(26)31(25)42)46-30-28(27-16-11-17-48-27)36-23-13-9-10-14-24(23)37-30/h7,9-14,16-17,21-22,25-26H,4-6,8,15,18-20H2,1-3H3,(H,38,45)(H,39,41)(H,43,44)/b12-7-/t21-,22-,25?,26+,35-/m1/s1. The number of rotatable bonds is 5. The number of para-hydroxylation sites is 2. The molecule has 0 bridgehead atoms. The SMILES string of the molecule is CC(C)(C)OC(=O)NC1CCCCC/C=C\[C@@H]2C[C@@]2(C(=O)O)NC(=O)[C@@H]2C[C@@H](Oc3nc4ccccc4nc3-c3cccs3)CN2C1=O. The highest BCUT2D eigenvalue weighted by molar-refractivity contribution is 7.13. The van der Waals surface area contributed by atoms with Gasteiger partial charge in [-0.2, -0.15) is 0 Å². The first kappa shape index (κ1) is 33.4. The van der Waals surface area contributed by atoms with Gasteiger partial charge in [-0.05, 0) is 70.0 Å². The summed E-state index contributed by atoms with van der Waals surface area (Å²) in [5.41, 5.74) is -0.337. The molecule has 254 valence electrons. The Balaban J connectivity index is 1.32. The van der Waals surface area contributed by atoms with Gasteiger partial charge in [0.05, 0.1) is 22.5 Å². The summed E-state index contributed by atoms with van der Waals surface area (Å²) in [5.74, 6) is -2.23. The van der Waals surface area contributed by atoms with Gasteiger partial charge in [-0.1, -0.05) is 43.2 Å². The molecule has 1 saturated heterocycles. The highest BCUT2D eigenvalue weighted by atomic mass is 32.1. The van der Waals surface area contributed by atoms with Crippen molar-refractivity contribution < 1.29 is 33.8 Å². The number of carboxylic acid groups (broad SMARTS) is 1. The highest BCUT2D eigenvalue weighted by Crippen LogP contribution is 2.45. The van der Waals surface area contributed by atoms with E-state index >= 15 is 0 Å². The number of fused-ring (bicyclic) bond motifs is 3. The van der Waals surface area contributed by atoms with Gasteiger partial charge in [0.1, 0.15) is 35.0 Å². The van der Waals surface area contributed by atoms with Crippen LogP contribution in [0.25, 0.3) is 21.6 Å². The third-order valence-electron chi connectivity index (χ3n) is 8.88. The Morgan fingerprint density at radius 2 is 1.85 bits per heavy atom. The van der Waals surface area contributed by atoms with E-state index in [1.54, 1.807) is 20.8 Å². The summed E-state index contributed by atoms with van der Waals surface area (Å²) < 4.78 is 12.0. The molecular formula is C35H41N5O7S. The number of amides is 3. The zero-order valence-electron chi connectivity index (χ0n) is 27.3. The number of benzene rings is 1. The zero-order chi connectivity index (χ0) is 34.1. The molecule has 1 aromatic carbocycles. The van der Waals surface area contributed by atoms with Crippen LogP contribution in [-0.4, -0.2) is 79.7 Å². The van der Waals surface area contributed by atoms with Gasteiger partial charge in [0, 0.05) is 12.3 Å². The number of hydrogen-bond donors (Lipinski definition) is 3. The average Bonchev–Trinajstić information content (AvgIpc) is 3.34. The molecule has 3 aromatic rings. The third kappa shape index (κ3) is 7.30. The van der Waals surface area contributed by atoms with E-state index in [4.69, 9.17) is 19.4 Å². The molecule has 0 spiro atoms. The van der Waals surface area contributed by atoms with E-state index in [-0.39, 0.29) is 31.2 Å². The van der Waals surface area contributed by atoms with Gasteiger partial charge in [-0.15, -0.1) is 11.3 Å². The van der Waals surface area contributed by atoms with Crippen LogP contribution in [0.2, 0.25) is 0 Å². The number of carboxylic acids is 1. The van der Waals surface area contributed by atoms with Crippen molar-refractivity contribution in [1.29, 1.82) is 0 Å². The molecule has 12 nitrogen and oxygen atoms in total. The zero-order valence-corrected chi connectivity index (χ0v) is 28.1. The molecule has 5 atom stereocenters. The minimum Gasteiger partial charge on any atom is -0.479 e. The Kier molecular flexibility index (Phi) is 9.41. The minimum absolute atomic E-state index is 0.0191. The van der Waals surface area contributed by atoms with E-state index in [9.17, 15) is 24.3 Å². The van der Waals surface area contributed by atoms with Crippen molar-refractivity contribution in [3.05, 3.63) is 53.9 Å². The van der Waals surface area contributed by atoms with Gasteiger partial charge >= 0.3 is 12.1 Å². The fourth-order valence-electron chi connectivity index (χ4n) is 6.39. The van der Waals surface area contributed by atoms with Crippen LogP contribution in [0.15, 0.2) is 53.9 Å². The largest absolute Gasteiger partial charge is 0.479 e. The number of nitrogens with one attached hydrogen (secondary N) is 2. The van der Waals surface area contributed by atoms with Crippen LogP contribution in [0.5, 0.6) is 5.88 Å². The molecule has 3 aliphatic rings. The van der Waals surface area contributed by atoms with Crippen LogP contribution in [0.4, 0.5) is 4.79 Å². The van der Waals surface area contributed by atoms with Gasteiger partial charge < -0.3 is 30.1 Å². The Morgan fingerprint density at radius 3 is 2.56 bits per heavy atom. The molecular weight excluding hydrogens is 634 g/mol. The molecule has 2 aromatic heterocycles. The third-order valence-corrected chi connectivity index (χ3v) is 9.76. The maximum atomic E-state index is 14.3. The summed E-state index contributed by atoms with van der Waals surface area (Å²) in [5, 5.41) is 17.6. The Hall–Kier alpha value is -4.52. The smallest absolute Gasteiger partial charge is 0.408 e. The predicted molar refractivity (Wildman–Crippen MR) is 179 cm³/mol. The number of alkyl carbamates (subject to hydrolysis) is 1. The maximum Gasteiger partial charge on any atom is 0.408 e. The Labute approximate surface area is 282 Å². The molecule has 2 aliphatic heterocycles. The lowest BCUT2D eigenvalue weighted by atomic mass is 10.0. The number of hydrogen-bond acceptors (Lipinski definition) is 9. The van der Waals surface area contributed by atoms with E-state index in [0.29, 0.717) is 29.6 Å². The lowest BCUT2D eigenvalue weighted by Gasteiger charge is -2.30. The van der Waals surface area contributed by atoms with Gasteiger partial charge in [-0.3, -0.25) is 9.59 Å². The molecule has 13 heteroatoms. The van der Waals surface area contributed by atoms with Crippen LogP contribution in [0.1, 0.15) is 65.7 Å². The lowest BCUT2D eigenvalue weighted by molar-refractivity contribution is -0.145. The number of carbonyl (C=O) groups excluding carboxylic acids is 3. The fourth-order valence-corrected chi connectivity index (χ4v) is 7.10. The maximum absolute atomic E-state index is 14.3. The average molecular weight is 676 g/mol. The number of aliphatic carboxylic acids is 1. The van der Waals surface area contributed by atoms with Crippen LogP contribution in [0, 0.1) is 5.92 Å². The van der Waals surface area contributed by atoms with Crippen LogP contribution < -0.4 is 15.4 Å². The van der Waals surface area contributed by atoms with Crippen molar-refractivity contribution in [2.24, 2.45) is 5.92 Å². The first-order valence-electron chi connectivity index (χ1n) is 16.4. The van der Waals surface area contributed by atoms with Crippen LogP contribution >= 0.6 is 11.3 Å². The summed E-state index contributed by atoms with van der Waals surface area (Å²) in [6.45, 7) is 5.24. The van der Waals surface area contributed by atoms with Gasteiger partial charge in [-0.25, -0.2) is 19.6 Å². The summed E-state index contributed by atoms with van der Waals surface area (Å²) >= 11 is 1.49. The molecule has 3 amide bonds. The molecule has 6 rings (SSSR count). The Bertz CT molecular complexity index is 1720. The van der Waals surface area contributed by atoms with Crippen molar-refractivity contribution in [2.75, 3.05) is 6.54 Å². The normalized spacial score (nSPS) is 27.1. The predicted octanol–water partition coefficient (Wildman–Crippen LogP) is 5.08. The van der Waals surface area contributed by atoms with E-state index in [2.05, 4.69) is 10.6 Å². The van der Waals surface area contributed by atoms with Crippen molar-refractivity contribution in [2.45, 2.75) is 95.0 Å². The Morgan fingerprint density at radius 1 is 1.08 bits per heavy atom. The molecule has 1 saturated carbocycles. The highest BCUT2D eigenvalue weighted by Gasteiger charge is 2.61. The fraction of sp³-hybridized carbons (Fsp3) is 0.486. The molecule has 1 aliphatic carbocycles. The summed E-state index contributed by atoms with van der Waals surface area (Å²) in [6.07, 6.45) is 6.18. The summed E-state index contributed by atoms with van der Waals surface area (Å²) in [6, 6.07) is 9.27. The number of allylic oxidation sites excluding steroid dienone is 1. The van der Waals surface area contributed by atoms with E-state index < -0.39 is 53.2 Å². The number of aromatic nitrogens is 2. The van der Waals surface area contributed by atoms with Gasteiger partial charge in [0.15, 0.2) is 0 Å². The first-order valence-corrected chi connectivity index (χ1v) is 17.3. The second-order valence-electron chi connectivity index (χ2n) is 13.7. The quantitative estimate of drug-likeness (QED) is 0.314.